The highest BCUT2D eigenvalue weighted by Crippen LogP contribution is 2.73. The monoisotopic (exact) mass is 474 g/mol. The maximum Gasteiger partial charge on any atom is 0.111 e. The summed E-state index contributed by atoms with van der Waals surface area (Å²) in [4.78, 5) is 0. The van der Waals surface area contributed by atoms with Crippen molar-refractivity contribution >= 4 is 0 Å². The molecule has 0 bridgehead atoms. The fourth-order valence-electron chi connectivity index (χ4n) is 10.3. The fourth-order valence-corrected chi connectivity index (χ4v) is 10.3. The predicted molar refractivity (Wildman–Crippen MR) is 135 cm³/mol. The van der Waals surface area contributed by atoms with Gasteiger partial charge in [0.1, 0.15) is 6.10 Å². The van der Waals surface area contributed by atoms with E-state index in [0.29, 0.717) is 30.3 Å². The molecule has 0 spiro atoms. The van der Waals surface area contributed by atoms with Gasteiger partial charge in [0.2, 0.25) is 0 Å². The Morgan fingerprint density at radius 2 is 1.68 bits per heavy atom. The van der Waals surface area contributed by atoms with Gasteiger partial charge >= 0.3 is 0 Å². The number of fused-ring (bicyclic) bond motifs is 5. The van der Waals surface area contributed by atoms with Crippen LogP contribution in [0.25, 0.3) is 0 Å². The van der Waals surface area contributed by atoms with Crippen LogP contribution in [0.5, 0.6) is 0 Å². The Balaban J connectivity index is 1.42. The molecule has 34 heavy (non-hydrogen) atoms. The van der Waals surface area contributed by atoms with Crippen LogP contribution in [-0.2, 0) is 4.74 Å². The summed E-state index contributed by atoms with van der Waals surface area (Å²) >= 11 is 0. The van der Waals surface area contributed by atoms with Crippen LogP contribution in [0.2, 0.25) is 0 Å². The molecule has 0 unspecified atom stereocenters. The van der Waals surface area contributed by atoms with E-state index in [0.717, 1.165) is 25.7 Å². The summed E-state index contributed by atoms with van der Waals surface area (Å²) in [6, 6.07) is 0. The number of allylic oxidation sites excluding steroid dienone is 2. The molecule has 3 saturated carbocycles. The van der Waals surface area contributed by atoms with Crippen molar-refractivity contribution in [3.05, 3.63) is 11.6 Å². The average molecular weight is 475 g/mol. The Bertz CT molecular complexity index is 841. The fraction of sp³-hybridized carbons (Fsp3) is 0.933. The SMILES string of the molecule is CC(C)(O)[C@@H]1OC[C@H]([C@@H]2CC[C@]3(C)C4=CC[C@@H]5C(C)(C)[C@H](O)CC[C@]5(C)[C@@H]4CC[C@]23C)C[C@@H]1O. The predicted octanol–water partition coefficient (Wildman–Crippen LogP) is 5.49. The Morgan fingerprint density at radius 1 is 0.971 bits per heavy atom. The van der Waals surface area contributed by atoms with Crippen molar-refractivity contribution in [2.75, 3.05) is 6.61 Å². The van der Waals surface area contributed by atoms with E-state index in [4.69, 9.17) is 4.74 Å². The minimum Gasteiger partial charge on any atom is -0.393 e. The molecule has 0 radical (unpaired) electrons. The maximum absolute atomic E-state index is 10.9. The lowest BCUT2D eigenvalue weighted by Gasteiger charge is -2.64. The lowest BCUT2D eigenvalue weighted by atomic mass is 9.41. The zero-order valence-corrected chi connectivity index (χ0v) is 22.7. The van der Waals surface area contributed by atoms with Gasteiger partial charge in [-0.25, -0.2) is 0 Å². The molecule has 4 aliphatic carbocycles. The number of hydrogen-bond acceptors (Lipinski definition) is 4. The molecule has 4 fully saturated rings. The first kappa shape index (κ1) is 25.2. The van der Waals surface area contributed by atoms with Crippen LogP contribution >= 0.6 is 0 Å². The van der Waals surface area contributed by atoms with Crippen molar-refractivity contribution in [1.29, 1.82) is 0 Å². The number of aliphatic hydroxyl groups is 3. The van der Waals surface area contributed by atoms with Crippen LogP contribution in [0, 0.1) is 45.3 Å². The normalized spacial score (nSPS) is 52.9. The second-order valence-electron chi connectivity index (χ2n) is 14.8. The molecule has 5 aliphatic rings. The van der Waals surface area contributed by atoms with Crippen LogP contribution < -0.4 is 0 Å². The van der Waals surface area contributed by atoms with Gasteiger partial charge in [0.15, 0.2) is 0 Å². The van der Waals surface area contributed by atoms with Gasteiger partial charge < -0.3 is 20.1 Å². The van der Waals surface area contributed by atoms with E-state index in [1.807, 2.05) is 0 Å². The molecular formula is C30H50O4. The molecule has 0 aromatic carbocycles. The third kappa shape index (κ3) is 3.30. The molecule has 3 N–H and O–H groups in total. The van der Waals surface area contributed by atoms with Crippen LogP contribution in [0.4, 0.5) is 0 Å². The molecule has 1 heterocycles. The summed E-state index contributed by atoms with van der Waals surface area (Å²) in [5.41, 5.74) is 1.38. The maximum atomic E-state index is 10.9. The summed E-state index contributed by atoms with van der Waals surface area (Å²) < 4.78 is 6.13. The van der Waals surface area contributed by atoms with Gasteiger partial charge in [-0.2, -0.15) is 0 Å². The molecular weight excluding hydrogens is 424 g/mol. The standard InChI is InChI=1S/C30H50O4/c1-26(2)23-9-8-21-20(28(23,5)13-12-24(26)32)11-15-29(6)19(10-14-30(21,29)7)18-16-22(31)25(34-17-18)27(3,4)33/h8,18-20,22-25,31-33H,9-17H2,1-7H3/t18-,19+,20-,22+,23-,24-,25-,28-,29-,30-/m1/s1. The molecule has 0 aromatic rings. The largest absolute Gasteiger partial charge is 0.393 e. The van der Waals surface area contributed by atoms with Gasteiger partial charge in [-0.3, -0.25) is 0 Å². The summed E-state index contributed by atoms with van der Waals surface area (Å²) in [6.07, 6.45) is 10.2. The van der Waals surface area contributed by atoms with E-state index in [1.165, 1.54) is 25.7 Å². The Morgan fingerprint density at radius 3 is 2.32 bits per heavy atom. The Hall–Kier alpha value is -0.420. The number of aliphatic hydroxyl groups excluding tert-OH is 2. The van der Waals surface area contributed by atoms with Gasteiger partial charge in [0.25, 0.3) is 0 Å². The highest BCUT2D eigenvalue weighted by atomic mass is 16.5. The minimum absolute atomic E-state index is 0.0263. The van der Waals surface area contributed by atoms with Crippen LogP contribution in [0.15, 0.2) is 11.6 Å². The van der Waals surface area contributed by atoms with Crippen molar-refractivity contribution < 1.29 is 20.1 Å². The molecule has 0 aromatic heterocycles. The minimum atomic E-state index is -1.02. The molecule has 194 valence electrons. The zero-order valence-electron chi connectivity index (χ0n) is 22.7. The molecule has 4 heteroatoms. The van der Waals surface area contributed by atoms with Gasteiger partial charge in [-0.15, -0.1) is 0 Å². The lowest BCUT2D eigenvalue weighted by Crippen LogP contribution is -2.58. The van der Waals surface area contributed by atoms with E-state index in [2.05, 4.69) is 40.7 Å². The molecule has 1 saturated heterocycles. The van der Waals surface area contributed by atoms with Gasteiger partial charge in [0, 0.05) is 0 Å². The second-order valence-corrected chi connectivity index (χ2v) is 14.8. The number of rotatable bonds is 2. The van der Waals surface area contributed by atoms with E-state index in [9.17, 15) is 15.3 Å². The molecule has 1 aliphatic heterocycles. The van der Waals surface area contributed by atoms with Crippen molar-refractivity contribution in [3.63, 3.8) is 0 Å². The quantitative estimate of drug-likeness (QED) is 0.463. The first-order valence-corrected chi connectivity index (χ1v) is 14.1. The van der Waals surface area contributed by atoms with Gasteiger partial charge in [-0.05, 0) is 111 Å². The van der Waals surface area contributed by atoms with Gasteiger partial charge in [-0.1, -0.05) is 46.3 Å². The summed E-state index contributed by atoms with van der Waals surface area (Å²) in [6.45, 7) is 16.4. The molecule has 5 rings (SSSR count). The smallest absolute Gasteiger partial charge is 0.111 e. The highest BCUT2D eigenvalue weighted by molar-refractivity contribution is 5.33. The van der Waals surface area contributed by atoms with E-state index < -0.39 is 17.8 Å². The van der Waals surface area contributed by atoms with Crippen LogP contribution in [0.1, 0.15) is 99.8 Å². The summed E-state index contributed by atoms with van der Waals surface area (Å²) in [7, 11) is 0. The summed E-state index contributed by atoms with van der Waals surface area (Å²) in [5, 5.41) is 32.1. The van der Waals surface area contributed by atoms with E-state index >= 15 is 0 Å². The topological polar surface area (TPSA) is 69.9 Å². The average Bonchev–Trinajstić information content (AvgIpc) is 3.02. The lowest BCUT2D eigenvalue weighted by molar-refractivity contribution is -0.188. The van der Waals surface area contributed by atoms with E-state index in [-0.39, 0.29) is 27.8 Å². The molecule has 4 nitrogen and oxygen atoms in total. The Kier molecular flexibility index (Phi) is 5.78. The van der Waals surface area contributed by atoms with Crippen molar-refractivity contribution in [1.82, 2.24) is 0 Å². The van der Waals surface area contributed by atoms with Crippen LogP contribution in [0.3, 0.4) is 0 Å². The van der Waals surface area contributed by atoms with Gasteiger partial charge in [0.05, 0.1) is 24.4 Å². The van der Waals surface area contributed by atoms with Crippen molar-refractivity contribution in [2.24, 2.45) is 45.3 Å². The zero-order chi connectivity index (χ0) is 24.9. The molecule has 0 amide bonds. The Labute approximate surface area is 207 Å². The third-order valence-corrected chi connectivity index (χ3v) is 12.5. The van der Waals surface area contributed by atoms with Crippen LogP contribution in [-0.4, -0.2) is 45.8 Å². The van der Waals surface area contributed by atoms with E-state index in [1.54, 1.807) is 19.4 Å². The number of ether oxygens (including phenoxy) is 1. The molecule has 10 atom stereocenters. The highest BCUT2D eigenvalue weighted by Gasteiger charge is 2.65. The second kappa shape index (κ2) is 7.79. The first-order valence-electron chi connectivity index (χ1n) is 14.1. The van der Waals surface area contributed by atoms with Crippen molar-refractivity contribution in [2.45, 2.75) is 124 Å². The van der Waals surface area contributed by atoms with Crippen molar-refractivity contribution in [3.8, 4) is 0 Å². The summed E-state index contributed by atoms with van der Waals surface area (Å²) in [5.74, 6) is 2.08. The third-order valence-electron chi connectivity index (χ3n) is 12.5. The number of hydrogen-bond donors (Lipinski definition) is 3. The first-order chi connectivity index (χ1) is 15.7.